The third kappa shape index (κ3) is 6.48. The summed E-state index contributed by atoms with van der Waals surface area (Å²) >= 11 is 0. The first-order valence-electron chi connectivity index (χ1n) is 11.8. The van der Waals surface area contributed by atoms with E-state index in [0.29, 0.717) is 17.9 Å². The number of likely N-dealkylation sites (tertiary alicyclic amines) is 1. The summed E-state index contributed by atoms with van der Waals surface area (Å²) < 4.78 is 91.0. The van der Waals surface area contributed by atoms with Crippen LogP contribution in [0.4, 0.5) is 26.3 Å². The summed E-state index contributed by atoms with van der Waals surface area (Å²) in [6.45, 7) is -0.240. The highest BCUT2D eigenvalue weighted by molar-refractivity contribution is 5.78. The number of ether oxygens (including phenoxy) is 2. The molecular formula is C28H25F6NO3. The molecule has 10 heteroatoms. The molecule has 3 aromatic carbocycles. The van der Waals surface area contributed by atoms with Gasteiger partial charge in [-0.15, -0.1) is 0 Å². The third-order valence-electron chi connectivity index (χ3n) is 6.42. The van der Waals surface area contributed by atoms with E-state index in [4.69, 9.17) is 9.47 Å². The maximum Gasteiger partial charge on any atom is 0.416 e. The Labute approximate surface area is 215 Å². The first-order chi connectivity index (χ1) is 18.0. The van der Waals surface area contributed by atoms with E-state index in [1.54, 1.807) is 42.3 Å². The van der Waals surface area contributed by atoms with Crippen LogP contribution in [0.1, 0.15) is 46.7 Å². The number of methoxy groups -OCH3 is 1. The molecule has 0 radical (unpaired) electrons. The van der Waals surface area contributed by atoms with Gasteiger partial charge >= 0.3 is 12.4 Å². The Balaban J connectivity index is 1.63. The molecule has 1 aliphatic rings. The lowest BCUT2D eigenvalue weighted by Gasteiger charge is -2.41. The Kier molecular flexibility index (Phi) is 8.01. The standard InChI is InChI=1S/C28H25F6NO3/c1-37-23-9-7-18(8-10-23)16-35-25(36)12-11-24(26(35)20-5-3-2-4-6-20)38-17-19-13-21(27(29,30)31)15-22(14-19)28(32,33)34/h2-10,13-15,24,26H,11-12,16-17H2,1H3/t24-,26-/m0/s1. The zero-order valence-corrected chi connectivity index (χ0v) is 20.4. The molecule has 0 spiro atoms. The van der Waals surface area contributed by atoms with Crippen molar-refractivity contribution in [2.24, 2.45) is 0 Å². The molecule has 0 saturated carbocycles. The van der Waals surface area contributed by atoms with Gasteiger partial charge in [-0.1, -0.05) is 42.5 Å². The second-order valence-corrected chi connectivity index (χ2v) is 9.03. The number of rotatable bonds is 7. The molecule has 1 saturated heterocycles. The number of benzene rings is 3. The monoisotopic (exact) mass is 537 g/mol. The summed E-state index contributed by atoms with van der Waals surface area (Å²) in [5, 5.41) is 0. The number of hydrogen-bond donors (Lipinski definition) is 0. The van der Waals surface area contributed by atoms with Crippen LogP contribution in [0.25, 0.3) is 0 Å². The largest absolute Gasteiger partial charge is 0.497 e. The molecule has 1 amide bonds. The number of carbonyl (C=O) groups is 1. The van der Waals surface area contributed by atoms with Gasteiger partial charge in [0.25, 0.3) is 0 Å². The normalized spacial score (nSPS) is 18.5. The molecule has 1 fully saturated rings. The molecule has 1 aliphatic heterocycles. The maximum atomic E-state index is 13.3. The highest BCUT2D eigenvalue weighted by Gasteiger charge is 2.39. The first-order valence-corrected chi connectivity index (χ1v) is 11.8. The lowest BCUT2D eigenvalue weighted by molar-refractivity contribution is -0.148. The molecule has 4 rings (SSSR count). The highest BCUT2D eigenvalue weighted by atomic mass is 19.4. The van der Waals surface area contributed by atoms with Crippen molar-refractivity contribution < 1.29 is 40.6 Å². The number of hydrogen-bond acceptors (Lipinski definition) is 3. The Bertz CT molecular complexity index is 1210. The fourth-order valence-corrected chi connectivity index (χ4v) is 4.56. The lowest BCUT2D eigenvalue weighted by atomic mass is 9.91. The molecule has 202 valence electrons. The smallest absolute Gasteiger partial charge is 0.416 e. The molecule has 1 heterocycles. The molecule has 3 aromatic rings. The van der Waals surface area contributed by atoms with Crippen molar-refractivity contribution in [1.29, 1.82) is 0 Å². The van der Waals surface area contributed by atoms with Gasteiger partial charge in [-0.05, 0) is 53.4 Å². The number of carbonyl (C=O) groups excluding carboxylic acids is 1. The highest BCUT2D eigenvalue weighted by Crippen LogP contribution is 2.38. The Hall–Kier alpha value is -3.53. The van der Waals surface area contributed by atoms with Gasteiger partial charge in [0.15, 0.2) is 0 Å². The van der Waals surface area contributed by atoms with E-state index in [1.165, 1.54) is 0 Å². The SMILES string of the molecule is COc1ccc(CN2C(=O)CC[C@H](OCc3cc(C(F)(F)F)cc(C(F)(F)F)c3)[C@@H]2c2ccccc2)cc1. The Morgan fingerprint density at radius 1 is 0.842 bits per heavy atom. The van der Waals surface area contributed by atoms with E-state index in [0.717, 1.165) is 11.1 Å². The molecule has 0 bridgehead atoms. The van der Waals surface area contributed by atoms with Crippen molar-refractivity contribution in [1.82, 2.24) is 4.90 Å². The summed E-state index contributed by atoms with van der Waals surface area (Å²) in [4.78, 5) is 14.7. The van der Waals surface area contributed by atoms with E-state index >= 15 is 0 Å². The summed E-state index contributed by atoms with van der Waals surface area (Å²) in [5.41, 5.74) is -1.47. The maximum absolute atomic E-state index is 13.3. The van der Waals surface area contributed by atoms with Crippen molar-refractivity contribution in [3.05, 3.63) is 101 Å². The second kappa shape index (κ2) is 11.1. The van der Waals surface area contributed by atoms with Gasteiger partial charge in [0, 0.05) is 13.0 Å². The van der Waals surface area contributed by atoms with Crippen LogP contribution in [0.5, 0.6) is 5.75 Å². The van der Waals surface area contributed by atoms with Gasteiger partial charge in [-0.3, -0.25) is 4.79 Å². The van der Waals surface area contributed by atoms with Gasteiger partial charge in [-0.2, -0.15) is 26.3 Å². The van der Waals surface area contributed by atoms with Gasteiger partial charge in [-0.25, -0.2) is 0 Å². The summed E-state index contributed by atoms with van der Waals surface area (Å²) in [5.74, 6) is 0.520. The van der Waals surface area contributed by atoms with Crippen LogP contribution in [0.2, 0.25) is 0 Å². The van der Waals surface area contributed by atoms with Crippen molar-refractivity contribution in [2.45, 2.75) is 50.5 Å². The van der Waals surface area contributed by atoms with Crippen LogP contribution in [0, 0.1) is 0 Å². The molecule has 2 atom stereocenters. The minimum absolute atomic E-state index is 0.0894. The minimum Gasteiger partial charge on any atom is -0.497 e. The lowest BCUT2D eigenvalue weighted by Crippen LogP contribution is -2.45. The number of amides is 1. The van der Waals surface area contributed by atoms with Crippen molar-refractivity contribution in [3.63, 3.8) is 0 Å². The molecule has 38 heavy (non-hydrogen) atoms. The summed E-state index contributed by atoms with van der Waals surface area (Å²) in [7, 11) is 1.54. The van der Waals surface area contributed by atoms with Crippen molar-refractivity contribution in [2.75, 3.05) is 7.11 Å². The van der Waals surface area contributed by atoms with Crippen LogP contribution >= 0.6 is 0 Å². The summed E-state index contributed by atoms with van der Waals surface area (Å²) in [6.07, 6.45) is -10.2. The number of piperidine rings is 1. The molecule has 0 unspecified atom stereocenters. The zero-order chi connectivity index (χ0) is 27.5. The molecule has 0 aromatic heterocycles. The van der Waals surface area contributed by atoms with E-state index in [-0.39, 0.29) is 36.9 Å². The van der Waals surface area contributed by atoms with Gasteiger partial charge in [0.05, 0.1) is 37.0 Å². The molecule has 0 aliphatic carbocycles. The van der Waals surface area contributed by atoms with Crippen LogP contribution in [0.15, 0.2) is 72.8 Å². The topological polar surface area (TPSA) is 38.8 Å². The van der Waals surface area contributed by atoms with Crippen LogP contribution in [0.3, 0.4) is 0 Å². The van der Waals surface area contributed by atoms with E-state index in [1.807, 2.05) is 24.3 Å². The molecular weight excluding hydrogens is 512 g/mol. The third-order valence-corrected chi connectivity index (χ3v) is 6.42. The van der Waals surface area contributed by atoms with E-state index in [9.17, 15) is 31.1 Å². The zero-order valence-electron chi connectivity index (χ0n) is 20.4. The fourth-order valence-electron chi connectivity index (χ4n) is 4.56. The van der Waals surface area contributed by atoms with Gasteiger partial charge in [0.2, 0.25) is 5.91 Å². The molecule has 4 nitrogen and oxygen atoms in total. The number of alkyl halides is 6. The van der Waals surface area contributed by atoms with E-state index in [2.05, 4.69) is 0 Å². The van der Waals surface area contributed by atoms with Crippen molar-refractivity contribution in [3.8, 4) is 5.75 Å². The number of nitrogens with zero attached hydrogens (tertiary/aromatic N) is 1. The predicted molar refractivity (Wildman–Crippen MR) is 127 cm³/mol. The predicted octanol–water partition coefficient (Wildman–Crippen LogP) is 7.18. The average Bonchev–Trinajstić information content (AvgIpc) is 2.88. The van der Waals surface area contributed by atoms with Crippen LogP contribution in [-0.4, -0.2) is 24.0 Å². The fraction of sp³-hybridized carbons (Fsp3) is 0.321. The molecule has 0 N–H and O–H groups in total. The van der Waals surface area contributed by atoms with Gasteiger partial charge in [0.1, 0.15) is 5.75 Å². The quantitative estimate of drug-likeness (QED) is 0.300. The van der Waals surface area contributed by atoms with Crippen LogP contribution in [-0.2, 0) is 35.0 Å². The minimum atomic E-state index is -4.95. The van der Waals surface area contributed by atoms with E-state index < -0.39 is 42.2 Å². The Morgan fingerprint density at radius 2 is 1.45 bits per heavy atom. The second-order valence-electron chi connectivity index (χ2n) is 9.03. The average molecular weight is 538 g/mol. The summed E-state index contributed by atoms with van der Waals surface area (Å²) in [6, 6.07) is 17.0. The first kappa shape index (κ1) is 27.5. The Morgan fingerprint density at radius 3 is 2.00 bits per heavy atom. The van der Waals surface area contributed by atoms with Gasteiger partial charge < -0.3 is 14.4 Å². The number of halogens is 6. The van der Waals surface area contributed by atoms with Crippen LogP contribution < -0.4 is 4.74 Å². The van der Waals surface area contributed by atoms with Crippen molar-refractivity contribution >= 4 is 5.91 Å².